The number of rotatable bonds is 5. The molecule has 0 aliphatic heterocycles. The normalized spacial score (nSPS) is 25.7. The molecule has 0 radical (unpaired) electrons. The first kappa shape index (κ1) is 13.7. The van der Waals surface area contributed by atoms with Gasteiger partial charge in [-0.05, 0) is 13.0 Å². The molecule has 1 aliphatic rings. The molecule has 1 saturated carbocycles. The van der Waals surface area contributed by atoms with Gasteiger partial charge < -0.3 is 14.6 Å². The molecule has 0 spiro atoms. The van der Waals surface area contributed by atoms with E-state index < -0.39 is 29.1 Å². The van der Waals surface area contributed by atoms with Crippen LogP contribution in [-0.2, 0) is 4.74 Å². The van der Waals surface area contributed by atoms with E-state index in [2.05, 4.69) is 0 Å². The quantitative estimate of drug-likeness (QED) is 0.650. The molecule has 0 saturated heterocycles. The van der Waals surface area contributed by atoms with Crippen LogP contribution >= 0.6 is 0 Å². The number of aliphatic hydroxyl groups excluding tert-OH is 1. The minimum atomic E-state index is -0.800. The molecule has 0 amide bonds. The lowest BCUT2D eigenvalue weighted by atomic mass is 9.88. The summed E-state index contributed by atoms with van der Waals surface area (Å²) >= 11 is 0. The first-order valence-electron chi connectivity index (χ1n) is 5.93. The predicted octanol–water partition coefficient (Wildman–Crippen LogP) is 1.65. The lowest BCUT2D eigenvalue weighted by Crippen LogP contribution is -2.55. The maximum atomic E-state index is 13.6. The maximum absolute atomic E-state index is 13.6. The first-order valence-corrected chi connectivity index (χ1v) is 5.93. The molecule has 3 atom stereocenters. The van der Waals surface area contributed by atoms with Crippen LogP contribution in [0, 0.1) is 15.9 Å². The van der Waals surface area contributed by atoms with Crippen molar-refractivity contribution in [1.82, 2.24) is 0 Å². The number of non-ortho nitro benzene ring substituents is 1. The second-order valence-electron chi connectivity index (χ2n) is 4.25. The standard InChI is InChI=1S/C12H14FNO5/c1-2-18-12-9(15)6-11(12)19-10-4-3-7(14(16)17)5-8(10)13/h3-5,9,11-12,15H,2,6H2,1H3. The highest BCUT2D eigenvalue weighted by Crippen LogP contribution is 2.31. The first-order chi connectivity index (χ1) is 9.02. The lowest BCUT2D eigenvalue weighted by Gasteiger charge is -2.40. The van der Waals surface area contributed by atoms with Crippen molar-refractivity contribution < 1.29 is 23.9 Å². The SMILES string of the molecule is CCOC1C(O)CC1Oc1ccc([N+](=O)[O-])cc1F. The number of benzene rings is 1. The minimum absolute atomic E-state index is 0.0767. The van der Waals surface area contributed by atoms with E-state index in [1.807, 2.05) is 0 Å². The van der Waals surface area contributed by atoms with Crippen LogP contribution < -0.4 is 4.74 Å². The molecular formula is C12H14FNO5. The molecule has 19 heavy (non-hydrogen) atoms. The Hall–Kier alpha value is -1.73. The van der Waals surface area contributed by atoms with E-state index in [1.165, 1.54) is 12.1 Å². The Morgan fingerprint density at radius 3 is 2.84 bits per heavy atom. The van der Waals surface area contributed by atoms with Crippen LogP contribution in [0.15, 0.2) is 18.2 Å². The smallest absolute Gasteiger partial charge is 0.272 e. The Bertz CT molecular complexity index is 481. The Labute approximate surface area is 108 Å². The van der Waals surface area contributed by atoms with Crippen LogP contribution in [0.5, 0.6) is 5.75 Å². The van der Waals surface area contributed by atoms with Crippen LogP contribution in [0.3, 0.4) is 0 Å². The highest BCUT2D eigenvalue weighted by atomic mass is 19.1. The molecule has 7 heteroatoms. The third-order valence-corrected chi connectivity index (χ3v) is 2.98. The summed E-state index contributed by atoms with van der Waals surface area (Å²) in [6, 6.07) is 3.18. The number of nitro benzene ring substituents is 1. The summed E-state index contributed by atoms with van der Waals surface area (Å²) in [5, 5.41) is 20.0. The molecule has 3 unspecified atom stereocenters. The maximum Gasteiger partial charge on any atom is 0.272 e. The second-order valence-corrected chi connectivity index (χ2v) is 4.25. The van der Waals surface area contributed by atoms with E-state index in [9.17, 15) is 19.6 Å². The molecule has 1 aliphatic carbocycles. The van der Waals surface area contributed by atoms with Crippen molar-refractivity contribution >= 4 is 5.69 Å². The van der Waals surface area contributed by atoms with Crippen LogP contribution in [0.2, 0.25) is 0 Å². The van der Waals surface area contributed by atoms with Gasteiger partial charge in [0.15, 0.2) is 11.6 Å². The predicted molar refractivity (Wildman–Crippen MR) is 63.5 cm³/mol. The molecule has 2 rings (SSSR count). The van der Waals surface area contributed by atoms with E-state index >= 15 is 0 Å². The fourth-order valence-corrected chi connectivity index (χ4v) is 1.95. The zero-order chi connectivity index (χ0) is 14.0. The van der Waals surface area contributed by atoms with Gasteiger partial charge in [-0.25, -0.2) is 4.39 Å². The average molecular weight is 271 g/mol. The van der Waals surface area contributed by atoms with Gasteiger partial charge in [-0.3, -0.25) is 10.1 Å². The number of ether oxygens (including phenoxy) is 2. The molecule has 0 aromatic heterocycles. The van der Waals surface area contributed by atoms with Gasteiger partial charge in [0.05, 0.1) is 17.1 Å². The van der Waals surface area contributed by atoms with Gasteiger partial charge in [-0.15, -0.1) is 0 Å². The summed E-state index contributed by atoms with van der Waals surface area (Å²) in [6.45, 7) is 2.21. The molecule has 1 N–H and O–H groups in total. The Morgan fingerprint density at radius 1 is 1.58 bits per heavy atom. The largest absolute Gasteiger partial charge is 0.484 e. The van der Waals surface area contributed by atoms with Crippen molar-refractivity contribution in [1.29, 1.82) is 0 Å². The highest BCUT2D eigenvalue weighted by molar-refractivity contribution is 5.37. The molecule has 104 valence electrons. The fourth-order valence-electron chi connectivity index (χ4n) is 1.95. The number of hydrogen-bond donors (Lipinski definition) is 1. The number of aliphatic hydroxyl groups is 1. The highest BCUT2D eigenvalue weighted by Gasteiger charge is 2.43. The van der Waals surface area contributed by atoms with Crippen molar-refractivity contribution in [3.8, 4) is 5.75 Å². The van der Waals surface area contributed by atoms with Crippen molar-refractivity contribution in [2.75, 3.05) is 6.61 Å². The number of nitrogens with zero attached hydrogens (tertiary/aromatic N) is 1. The third kappa shape index (κ3) is 2.82. The van der Waals surface area contributed by atoms with Gasteiger partial charge in [0, 0.05) is 19.1 Å². The summed E-state index contributed by atoms with van der Waals surface area (Å²) in [5.74, 6) is -0.877. The van der Waals surface area contributed by atoms with E-state index in [1.54, 1.807) is 6.92 Å². The van der Waals surface area contributed by atoms with Gasteiger partial charge in [0.25, 0.3) is 5.69 Å². The molecular weight excluding hydrogens is 257 g/mol. The average Bonchev–Trinajstić information content (AvgIpc) is 2.37. The summed E-state index contributed by atoms with van der Waals surface area (Å²) in [6.07, 6.45) is -1.20. The van der Waals surface area contributed by atoms with E-state index in [-0.39, 0.29) is 11.4 Å². The van der Waals surface area contributed by atoms with Gasteiger partial charge in [-0.2, -0.15) is 0 Å². The van der Waals surface area contributed by atoms with Gasteiger partial charge in [0.2, 0.25) is 0 Å². The van der Waals surface area contributed by atoms with E-state index in [4.69, 9.17) is 9.47 Å². The van der Waals surface area contributed by atoms with Gasteiger partial charge in [-0.1, -0.05) is 0 Å². The summed E-state index contributed by atoms with van der Waals surface area (Å²) < 4.78 is 24.2. The Morgan fingerprint density at radius 2 is 2.32 bits per heavy atom. The molecule has 0 bridgehead atoms. The summed E-state index contributed by atoms with van der Waals surface area (Å²) in [4.78, 5) is 9.80. The molecule has 6 nitrogen and oxygen atoms in total. The van der Waals surface area contributed by atoms with Gasteiger partial charge in [0.1, 0.15) is 12.2 Å². The van der Waals surface area contributed by atoms with E-state index in [0.717, 1.165) is 6.07 Å². The van der Waals surface area contributed by atoms with Crippen LogP contribution in [0.1, 0.15) is 13.3 Å². The number of halogens is 1. The summed E-state index contributed by atoms with van der Waals surface area (Å²) in [5.41, 5.74) is -0.333. The van der Waals surface area contributed by atoms with E-state index in [0.29, 0.717) is 13.0 Å². The second kappa shape index (κ2) is 5.50. The molecule has 0 heterocycles. The summed E-state index contributed by atoms with van der Waals surface area (Å²) in [7, 11) is 0. The van der Waals surface area contributed by atoms with Crippen LogP contribution in [0.25, 0.3) is 0 Å². The van der Waals surface area contributed by atoms with Crippen molar-refractivity contribution in [3.05, 3.63) is 34.1 Å². The lowest BCUT2D eigenvalue weighted by molar-refractivity contribution is -0.385. The number of nitro groups is 1. The Balaban J connectivity index is 2.05. The molecule has 1 aromatic rings. The number of hydrogen-bond acceptors (Lipinski definition) is 5. The zero-order valence-electron chi connectivity index (χ0n) is 10.3. The van der Waals surface area contributed by atoms with Crippen LogP contribution in [-0.4, -0.2) is 34.9 Å². The van der Waals surface area contributed by atoms with Gasteiger partial charge >= 0.3 is 0 Å². The molecule has 1 fully saturated rings. The van der Waals surface area contributed by atoms with Crippen molar-refractivity contribution in [2.24, 2.45) is 0 Å². The minimum Gasteiger partial charge on any atom is -0.484 e. The monoisotopic (exact) mass is 271 g/mol. The van der Waals surface area contributed by atoms with Crippen molar-refractivity contribution in [2.45, 2.75) is 31.7 Å². The van der Waals surface area contributed by atoms with Crippen LogP contribution in [0.4, 0.5) is 10.1 Å². The topological polar surface area (TPSA) is 81.8 Å². The van der Waals surface area contributed by atoms with Crippen molar-refractivity contribution in [3.63, 3.8) is 0 Å². The zero-order valence-corrected chi connectivity index (χ0v) is 10.3. The fraction of sp³-hybridized carbons (Fsp3) is 0.500. The third-order valence-electron chi connectivity index (χ3n) is 2.98. The Kier molecular flexibility index (Phi) is 3.96. The molecule has 1 aromatic carbocycles.